The van der Waals surface area contributed by atoms with E-state index in [4.69, 9.17) is 5.73 Å². The Morgan fingerprint density at radius 2 is 1.76 bits per heavy atom. The van der Waals surface area contributed by atoms with E-state index in [1.54, 1.807) is 12.1 Å². The molecule has 2 aromatic rings. The number of hydrogen-bond acceptors (Lipinski definition) is 2. The van der Waals surface area contributed by atoms with Crippen molar-refractivity contribution in [3.05, 3.63) is 62.5 Å². The minimum Gasteiger partial charge on any atom is -0.406 e. The zero-order valence-electron chi connectivity index (χ0n) is 10.5. The Bertz CT molecular complexity index is 646. The maximum Gasteiger partial charge on any atom is 0.573 e. The van der Waals surface area contributed by atoms with E-state index >= 15 is 0 Å². The van der Waals surface area contributed by atoms with Gasteiger partial charge in [0.1, 0.15) is 5.75 Å². The van der Waals surface area contributed by atoms with Gasteiger partial charge in [-0.3, -0.25) is 0 Å². The molecule has 0 heterocycles. The number of hydrogen-bond donors (Lipinski definition) is 1. The van der Waals surface area contributed by atoms with E-state index in [9.17, 15) is 13.2 Å². The second-order valence-corrected chi connectivity index (χ2v) is 6.03. The standard InChI is InChI=1S/C14H10Br2F3NO/c15-9-4-5-11(12(16)7-9)13(20)8-2-1-3-10(6-8)21-14(17,18)19/h1-7,13H,20H2. The molecular formula is C14H10Br2F3NO. The summed E-state index contributed by atoms with van der Waals surface area (Å²) in [4.78, 5) is 0. The Hall–Kier alpha value is -1.05. The highest BCUT2D eigenvalue weighted by Gasteiger charge is 2.31. The molecule has 2 rings (SSSR count). The Labute approximate surface area is 136 Å². The van der Waals surface area contributed by atoms with Gasteiger partial charge in [-0.05, 0) is 35.4 Å². The number of benzene rings is 2. The summed E-state index contributed by atoms with van der Waals surface area (Å²) < 4.78 is 42.3. The van der Waals surface area contributed by atoms with E-state index in [-0.39, 0.29) is 5.75 Å². The Balaban J connectivity index is 2.31. The maximum atomic E-state index is 12.2. The smallest absolute Gasteiger partial charge is 0.406 e. The van der Waals surface area contributed by atoms with Crippen LogP contribution in [0.1, 0.15) is 17.2 Å². The minimum absolute atomic E-state index is 0.288. The van der Waals surface area contributed by atoms with Crippen molar-refractivity contribution in [1.82, 2.24) is 0 Å². The molecule has 0 aliphatic carbocycles. The van der Waals surface area contributed by atoms with Crippen molar-refractivity contribution in [1.29, 1.82) is 0 Å². The minimum atomic E-state index is -4.72. The van der Waals surface area contributed by atoms with Gasteiger partial charge in [-0.15, -0.1) is 13.2 Å². The highest BCUT2D eigenvalue weighted by molar-refractivity contribution is 9.11. The molecule has 1 unspecified atom stereocenters. The lowest BCUT2D eigenvalue weighted by Crippen LogP contribution is -2.18. The zero-order valence-corrected chi connectivity index (χ0v) is 13.7. The lowest BCUT2D eigenvalue weighted by atomic mass is 9.99. The first-order chi connectivity index (χ1) is 9.76. The number of halogens is 5. The molecule has 0 amide bonds. The summed E-state index contributed by atoms with van der Waals surface area (Å²) in [6.07, 6.45) is -4.72. The number of nitrogens with two attached hydrogens (primary N) is 1. The fraction of sp³-hybridized carbons (Fsp3) is 0.143. The molecule has 0 aliphatic rings. The van der Waals surface area contributed by atoms with Crippen LogP contribution in [0.25, 0.3) is 0 Å². The van der Waals surface area contributed by atoms with Gasteiger partial charge in [-0.1, -0.05) is 50.1 Å². The van der Waals surface area contributed by atoms with E-state index in [2.05, 4.69) is 36.6 Å². The van der Waals surface area contributed by atoms with Crippen molar-refractivity contribution >= 4 is 31.9 Å². The third kappa shape index (κ3) is 4.46. The molecule has 0 saturated heterocycles. The van der Waals surface area contributed by atoms with E-state index in [0.29, 0.717) is 5.56 Å². The van der Waals surface area contributed by atoms with Crippen molar-refractivity contribution < 1.29 is 17.9 Å². The van der Waals surface area contributed by atoms with Crippen molar-refractivity contribution in [3.8, 4) is 5.75 Å². The molecule has 0 saturated carbocycles. The molecule has 112 valence electrons. The first-order valence-corrected chi connectivity index (χ1v) is 7.41. The van der Waals surface area contributed by atoms with Gasteiger partial charge in [-0.2, -0.15) is 0 Å². The normalized spacial score (nSPS) is 13.0. The van der Waals surface area contributed by atoms with E-state index in [1.165, 1.54) is 18.2 Å². The molecule has 2 nitrogen and oxygen atoms in total. The fourth-order valence-electron chi connectivity index (χ4n) is 1.84. The summed E-state index contributed by atoms with van der Waals surface area (Å²) in [5.74, 6) is -0.288. The topological polar surface area (TPSA) is 35.2 Å². The van der Waals surface area contributed by atoms with Crippen LogP contribution in [0, 0.1) is 0 Å². The van der Waals surface area contributed by atoms with Gasteiger partial charge in [0.05, 0.1) is 6.04 Å². The molecule has 21 heavy (non-hydrogen) atoms. The molecule has 7 heteroatoms. The van der Waals surface area contributed by atoms with Gasteiger partial charge in [0.15, 0.2) is 0 Å². The Kier molecular flexibility index (Phi) is 4.95. The largest absolute Gasteiger partial charge is 0.573 e. The number of alkyl halides is 3. The van der Waals surface area contributed by atoms with Crippen LogP contribution in [-0.4, -0.2) is 6.36 Å². The monoisotopic (exact) mass is 423 g/mol. The summed E-state index contributed by atoms with van der Waals surface area (Å²) in [5.41, 5.74) is 7.41. The van der Waals surface area contributed by atoms with Crippen molar-refractivity contribution in [3.63, 3.8) is 0 Å². The average Bonchev–Trinajstić information content (AvgIpc) is 2.36. The van der Waals surface area contributed by atoms with Gasteiger partial charge in [0.2, 0.25) is 0 Å². The molecule has 1 atom stereocenters. The fourth-order valence-corrected chi connectivity index (χ4v) is 3.13. The maximum absolute atomic E-state index is 12.2. The third-order valence-corrected chi connectivity index (χ3v) is 3.93. The lowest BCUT2D eigenvalue weighted by molar-refractivity contribution is -0.274. The third-order valence-electron chi connectivity index (χ3n) is 2.75. The average molecular weight is 425 g/mol. The lowest BCUT2D eigenvalue weighted by Gasteiger charge is -2.16. The molecule has 0 aliphatic heterocycles. The van der Waals surface area contributed by atoms with Crippen LogP contribution < -0.4 is 10.5 Å². The van der Waals surface area contributed by atoms with E-state index in [0.717, 1.165) is 14.5 Å². The summed E-state index contributed by atoms with van der Waals surface area (Å²) in [6.45, 7) is 0. The zero-order chi connectivity index (χ0) is 15.6. The molecule has 0 spiro atoms. The summed E-state index contributed by atoms with van der Waals surface area (Å²) >= 11 is 6.72. The van der Waals surface area contributed by atoms with E-state index in [1.807, 2.05) is 12.1 Å². The van der Waals surface area contributed by atoms with Crippen LogP contribution in [0.4, 0.5) is 13.2 Å². The first-order valence-electron chi connectivity index (χ1n) is 5.82. The molecule has 0 aromatic heterocycles. The molecule has 0 radical (unpaired) electrons. The Morgan fingerprint density at radius 3 is 2.38 bits per heavy atom. The SMILES string of the molecule is NC(c1cccc(OC(F)(F)F)c1)c1ccc(Br)cc1Br. The predicted octanol–water partition coefficient (Wildman–Crippen LogP) is 5.16. The van der Waals surface area contributed by atoms with Crippen LogP contribution >= 0.6 is 31.9 Å². The van der Waals surface area contributed by atoms with Gasteiger partial charge in [0, 0.05) is 8.95 Å². The quantitative estimate of drug-likeness (QED) is 0.738. The van der Waals surface area contributed by atoms with Crippen LogP contribution in [-0.2, 0) is 0 Å². The molecule has 2 aromatic carbocycles. The molecule has 0 bridgehead atoms. The van der Waals surface area contributed by atoms with Gasteiger partial charge >= 0.3 is 6.36 Å². The highest BCUT2D eigenvalue weighted by Crippen LogP contribution is 2.31. The summed E-state index contributed by atoms with van der Waals surface area (Å²) in [6, 6.07) is 10.5. The van der Waals surface area contributed by atoms with Crippen molar-refractivity contribution in [2.45, 2.75) is 12.4 Å². The Morgan fingerprint density at radius 1 is 1.05 bits per heavy atom. The second-order valence-electron chi connectivity index (χ2n) is 4.26. The first kappa shape index (κ1) is 16.3. The molecule has 0 fully saturated rings. The van der Waals surface area contributed by atoms with Crippen LogP contribution in [0.2, 0.25) is 0 Å². The molecule has 2 N–H and O–H groups in total. The van der Waals surface area contributed by atoms with Crippen LogP contribution in [0.15, 0.2) is 51.4 Å². The number of ether oxygens (including phenoxy) is 1. The summed E-state index contributed by atoms with van der Waals surface area (Å²) in [5, 5.41) is 0. The van der Waals surface area contributed by atoms with Gasteiger partial charge < -0.3 is 10.5 Å². The van der Waals surface area contributed by atoms with E-state index < -0.39 is 12.4 Å². The van der Waals surface area contributed by atoms with Gasteiger partial charge in [-0.25, -0.2) is 0 Å². The van der Waals surface area contributed by atoms with Crippen LogP contribution in [0.3, 0.4) is 0 Å². The highest BCUT2D eigenvalue weighted by atomic mass is 79.9. The predicted molar refractivity (Wildman–Crippen MR) is 81.0 cm³/mol. The summed E-state index contributed by atoms with van der Waals surface area (Å²) in [7, 11) is 0. The number of rotatable bonds is 3. The second kappa shape index (κ2) is 6.37. The van der Waals surface area contributed by atoms with Crippen LogP contribution in [0.5, 0.6) is 5.75 Å². The van der Waals surface area contributed by atoms with Gasteiger partial charge in [0.25, 0.3) is 0 Å². The van der Waals surface area contributed by atoms with Crippen molar-refractivity contribution in [2.75, 3.05) is 0 Å². The van der Waals surface area contributed by atoms with Crippen molar-refractivity contribution in [2.24, 2.45) is 5.73 Å². The molecular weight excluding hydrogens is 415 g/mol.